The van der Waals surface area contributed by atoms with Crippen molar-refractivity contribution in [2.75, 3.05) is 13.2 Å². The number of aromatic nitrogens is 1. The van der Waals surface area contributed by atoms with Gasteiger partial charge >= 0.3 is 0 Å². The number of hydrogen-bond donors (Lipinski definition) is 2. The molecule has 0 spiro atoms. The first-order valence-corrected chi connectivity index (χ1v) is 5.74. The van der Waals surface area contributed by atoms with Crippen molar-refractivity contribution in [3.05, 3.63) is 28.5 Å². The Morgan fingerprint density at radius 3 is 2.80 bits per heavy atom. The second-order valence-corrected chi connectivity index (χ2v) is 5.35. The molecule has 1 aromatic rings. The summed E-state index contributed by atoms with van der Waals surface area (Å²) in [5.74, 6) is 0. The number of aliphatic hydroxyl groups is 1. The van der Waals surface area contributed by atoms with E-state index in [2.05, 4.69) is 26.2 Å². The van der Waals surface area contributed by atoms with Crippen molar-refractivity contribution < 1.29 is 5.11 Å². The van der Waals surface area contributed by atoms with Crippen molar-refractivity contribution in [1.29, 1.82) is 0 Å². The van der Waals surface area contributed by atoms with E-state index >= 15 is 0 Å². The second kappa shape index (κ2) is 5.58. The molecule has 0 atom stereocenters. The molecule has 0 saturated carbocycles. The van der Waals surface area contributed by atoms with Gasteiger partial charge in [-0.3, -0.25) is 4.98 Å². The van der Waals surface area contributed by atoms with E-state index in [1.807, 2.05) is 26.1 Å². The molecule has 1 heterocycles. The summed E-state index contributed by atoms with van der Waals surface area (Å²) in [5, 5.41) is 12.4. The number of nitrogens with one attached hydrogen (secondary N) is 1. The Bertz CT molecular complexity index is 315. The molecule has 1 rings (SSSR count). The third-order valence-corrected chi connectivity index (χ3v) is 2.56. The average molecular weight is 273 g/mol. The van der Waals surface area contributed by atoms with Crippen LogP contribution in [-0.2, 0) is 6.54 Å². The summed E-state index contributed by atoms with van der Waals surface area (Å²) >= 11 is 3.38. The normalized spacial score (nSPS) is 11.7. The van der Waals surface area contributed by atoms with Crippen LogP contribution in [0.1, 0.15) is 19.4 Å². The van der Waals surface area contributed by atoms with Crippen molar-refractivity contribution in [2.45, 2.75) is 20.4 Å². The summed E-state index contributed by atoms with van der Waals surface area (Å²) in [6.07, 6.45) is 3.60. The molecule has 15 heavy (non-hydrogen) atoms. The highest BCUT2D eigenvalue weighted by molar-refractivity contribution is 9.10. The first kappa shape index (κ1) is 12.6. The van der Waals surface area contributed by atoms with Crippen molar-refractivity contribution in [3.8, 4) is 0 Å². The van der Waals surface area contributed by atoms with Gasteiger partial charge in [-0.15, -0.1) is 0 Å². The Hall–Kier alpha value is -0.450. The fourth-order valence-electron chi connectivity index (χ4n) is 1.15. The van der Waals surface area contributed by atoms with Gasteiger partial charge in [0.05, 0.1) is 0 Å². The van der Waals surface area contributed by atoms with Gasteiger partial charge in [0.25, 0.3) is 0 Å². The van der Waals surface area contributed by atoms with E-state index in [0.717, 1.165) is 23.1 Å². The topological polar surface area (TPSA) is 45.1 Å². The van der Waals surface area contributed by atoms with Crippen LogP contribution in [-0.4, -0.2) is 23.2 Å². The molecule has 0 unspecified atom stereocenters. The second-order valence-electron chi connectivity index (χ2n) is 4.44. The van der Waals surface area contributed by atoms with E-state index in [0.29, 0.717) is 0 Å². The summed E-state index contributed by atoms with van der Waals surface area (Å²) in [5.41, 5.74) is 1.07. The maximum absolute atomic E-state index is 9.08. The van der Waals surface area contributed by atoms with Crippen LogP contribution in [0, 0.1) is 5.41 Å². The first-order valence-electron chi connectivity index (χ1n) is 4.94. The van der Waals surface area contributed by atoms with Crippen molar-refractivity contribution in [2.24, 2.45) is 5.41 Å². The van der Waals surface area contributed by atoms with E-state index in [1.54, 1.807) is 6.20 Å². The van der Waals surface area contributed by atoms with Crippen LogP contribution in [0.3, 0.4) is 0 Å². The molecule has 0 saturated heterocycles. The van der Waals surface area contributed by atoms with E-state index < -0.39 is 0 Å². The zero-order valence-electron chi connectivity index (χ0n) is 9.13. The van der Waals surface area contributed by atoms with Gasteiger partial charge in [0.1, 0.15) is 0 Å². The molecule has 3 nitrogen and oxygen atoms in total. The minimum absolute atomic E-state index is 0.0700. The van der Waals surface area contributed by atoms with E-state index in [-0.39, 0.29) is 12.0 Å². The van der Waals surface area contributed by atoms with Crippen LogP contribution < -0.4 is 5.32 Å². The molecule has 0 aliphatic carbocycles. The van der Waals surface area contributed by atoms with E-state index in [4.69, 9.17) is 5.11 Å². The maximum Gasteiger partial charge on any atom is 0.0494 e. The lowest BCUT2D eigenvalue weighted by molar-refractivity contribution is 0.156. The first-order chi connectivity index (χ1) is 7.03. The van der Waals surface area contributed by atoms with Crippen LogP contribution >= 0.6 is 15.9 Å². The van der Waals surface area contributed by atoms with E-state index in [1.165, 1.54) is 0 Å². The summed E-state index contributed by atoms with van der Waals surface area (Å²) in [7, 11) is 0. The number of aliphatic hydroxyl groups excluding tert-OH is 1. The molecule has 1 aromatic heterocycles. The Morgan fingerprint density at radius 2 is 2.20 bits per heavy atom. The van der Waals surface area contributed by atoms with Crippen LogP contribution in [0.2, 0.25) is 0 Å². The third-order valence-electron chi connectivity index (χ3n) is 2.12. The molecule has 0 bridgehead atoms. The number of nitrogens with zero attached hydrogens (tertiary/aromatic N) is 1. The highest BCUT2D eigenvalue weighted by Gasteiger charge is 2.15. The average Bonchev–Trinajstić information content (AvgIpc) is 2.18. The van der Waals surface area contributed by atoms with Gasteiger partial charge in [-0.1, -0.05) is 13.8 Å². The fraction of sp³-hybridized carbons (Fsp3) is 0.545. The van der Waals surface area contributed by atoms with Gasteiger partial charge in [-0.25, -0.2) is 0 Å². The zero-order valence-corrected chi connectivity index (χ0v) is 10.7. The monoisotopic (exact) mass is 272 g/mol. The summed E-state index contributed by atoms with van der Waals surface area (Å²) < 4.78 is 0.989. The van der Waals surface area contributed by atoms with Crippen molar-refractivity contribution in [1.82, 2.24) is 10.3 Å². The molecule has 0 aromatic carbocycles. The number of halogens is 1. The van der Waals surface area contributed by atoms with Gasteiger partial charge in [0.2, 0.25) is 0 Å². The molecule has 4 heteroatoms. The highest BCUT2D eigenvalue weighted by Crippen LogP contribution is 2.12. The van der Waals surface area contributed by atoms with Crippen molar-refractivity contribution >= 4 is 15.9 Å². The standard InChI is InChI=1S/C11H17BrN2O/c1-11(2,8-15)7-14-5-9-3-10(12)6-13-4-9/h3-4,6,14-15H,5,7-8H2,1-2H3. The molecule has 0 radical (unpaired) electrons. The predicted octanol–water partition coefficient (Wildman–Crippen LogP) is 1.95. The van der Waals surface area contributed by atoms with Gasteiger partial charge in [-0.05, 0) is 27.6 Å². The summed E-state index contributed by atoms with van der Waals surface area (Å²) in [6.45, 7) is 5.81. The Morgan fingerprint density at radius 1 is 1.47 bits per heavy atom. The summed E-state index contributed by atoms with van der Waals surface area (Å²) in [6, 6.07) is 2.03. The maximum atomic E-state index is 9.08. The van der Waals surface area contributed by atoms with Gasteiger partial charge in [0, 0.05) is 42.0 Å². The van der Waals surface area contributed by atoms with E-state index in [9.17, 15) is 0 Å². The minimum Gasteiger partial charge on any atom is -0.396 e. The molecule has 84 valence electrons. The molecule has 0 aliphatic rings. The van der Waals surface area contributed by atoms with Gasteiger partial charge in [0.15, 0.2) is 0 Å². The lowest BCUT2D eigenvalue weighted by Gasteiger charge is -2.21. The Kier molecular flexibility index (Phi) is 4.70. The Balaban J connectivity index is 2.38. The third kappa shape index (κ3) is 4.73. The lowest BCUT2D eigenvalue weighted by Crippen LogP contribution is -2.31. The Labute approximate surface area is 99.1 Å². The molecule has 0 aliphatic heterocycles. The zero-order chi connectivity index (χ0) is 11.3. The number of pyridine rings is 1. The SMILES string of the molecule is CC(C)(CO)CNCc1cncc(Br)c1. The highest BCUT2D eigenvalue weighted by atomic mass is 79.9. The lowest BCUT2D eigenvalue weighted by atomic mass is 9.95. The number of rotatable bonds is 5. The molecule has 0 amide bonds. The smallest absolute Gasteiger partial charge is 0.0494 e. The largest absolute Gasteiger partial charge is 0.396 e. The van der Waals surface area contributed by atoms with Crippen molar-refractivity contribution in [3.63, 3.8) is 0 Å². The van der Waals surface area contributed by atoms with Gasteiger partial charge in [-0.2, -0.15) is 0 Å². The van der Waals surface area contributed by atoms with Crippen LogP contribution in [0.5, 0.6) is 0 Å². The molecular formula is C11H17BrN2O. The van der Waals surface area contributed by atoms with Gasteiger partial charge < -0.3 is 10.4 Å². The number of hydrogen-bond acceptors (Lipinski definition) is 3. The summed E-state index contributed by atoms with van der Waals surface area (Å²) in [4.78, 5) is 4.08. The molecular weight excluding hydrogens is 256 g/mol. The van der Waals surface area contributed by atoms with Crippen LogP contribution in [0.4, 0.5) is 0 Å². The minimum atomic E-state index is -0.0700. The van der Waals surface area contributed by atoms with Crippen LogP contribution in [0.25, 0.3) is 0 Å². The van der Waals surface area contributed by atoms with Crippen LogP contribution in [0.15, 0.2) is 22.9 Å². The molecule has 2 N–H and O–H groups in total. The molecule has 0 fully saturated rings. The predicted molar refractivity (Wildman–Crippen MR) is 64.5 cm³/mol. The fourth-order valence-corrected chi connectivity index (χ4v) is 1.57. The quantitative estimate of drug-likeness (QED) is 0.862.